The third-order valence-corrected chi connectivity index (χ3v) is 5.71. The molecule has 0 unspecified atom stereocenters. The molecule has 0 saturated heterocycles. The first-order chi connectivity index (χ1) is 13.8. The zero-order valence-corrected chi connectivity index (χ0v) is 16.7. The average molecular weight is 413 g/mol. The molecule has 3 N–H and O–H groups in total. The third kappa shape index (κ3) is 3.03. The maximum absolute atomic E-state index is 12.9. The second-order valence-electron chi connectivity index (χ2n) is 8.05. The van der Waals surface area contributed by atoms with Crippen LogP contribution < -0.4 is 31.9 Å². The minimum atomic E-state index is -1.36. The zero-order valence-electron chi connectivity index (χ0n) is 16.7. The van der Waals surface area contributed by atoms with Crippen molar-refractivity contribution in [1.29, 1.82) is 0 Å². The van der Waals surface area contributed by atoms with Crippen LogP contribution in [0.5, 0.6) is 5.75 Å². The SMILES string of the molecule is CC(C)(Oc1cc2c(=O)c3cc(=O)c(=O)cc-3c(=O)c2cc1NO)C(C)(C)C(=O)O. The molecule has 9 heteroatoms. The molecule has 0 fully saturated rings. The molecule has 0 bridgehead atoms. The number of rotatable bonds is 5. The molecule has 0 aliphatic heterocycles. The average Bonchev–Trinajstić information content (AvgIpc) is 2.66. The highest BCUT2D eigenvalue weighted by molar-refractivity contribution is 5.94. The molecule has 0 amide bonds. The molecular formula is C21H19NO8. The van der Waals surface area contributed by atoms with Gasteiger partial charge in [-0.2, -0.15) is 0 Å². The first kappa shape index (κ1) is 21.1. The van der Waals surface area contributed by atoms with E-state index in [0.717, 1.165) is 12.1 Å². The van der Waals surface area contributed by atoms with Crippen LogP contribution in [-0.4, -0.2) is 21.9 Å². The zero-order chi connectivity index (χ0) is 22.6. The van der Waals surface area contributed by atoms with Crippen LogP contribution in [0.3, 0.4) is 0 Å². The van der Waals surface area contributed by atoms with Crippen LogP contribution in [-0.2, 0) is 4.79 Å². The van der Waals surface area contributed by atoms with Crippen LogP contribution in [0.2, 0.25) is 0 Å². The number of carboxylic acid groups (broad SMARTS) is 1. The second-order valence-corrected chi connectivity index (χ2v) is 8.05. The lowest BCUT2D eigenvalue weighted by molar-refractivity contribution is -0.158. The summed E-state index contributed by atoms with van der Waals surface area (Å²) >= 11 is 0. The molecule has 3 rings (SSSR count). The predicted molar refractivity (Wildman–Crippen MR) is 110 cm³/mol. The van der Waals surface area contributed by atoms with Gasteiger partial charge in [-0.15, -0.1) is 0 Å². The van der Waals surface area contributed by atoms with Crippen molar-refractivity contribution in [2.75, 3.05) is 5.48 Å². The topological polar surface area (TPSA) is 147 Å². The molecule has 0 atom stereocenters. The van der Waals surface area contributed by atoms with Crippen LogP contribution in [0.15, 0.2) is 43.4 Å². The lowest BCUT2D eigenvalue weighted by atomic mass is 9.77. The van der Waals surface area contributed by atoms with Gasteiger partial charge in [0.15, 0.2) is 10.9 Å². The highest BCUT2D eigenvalue weighted by atomic mass is 16.5. The quantitative estimate of drug-likeness (QED) is 0.320. The van der Waals surface area contributed by atoms with E-state index < -0.39 is 38.7 Å². The number of hydrogen-bond donors (Lipinski definition) is 3. The maximum Gasteiger partial charge on any atom is 0.313 e. The molecular weight excluding hydrogens is 394 g/mol. The lowest BCUT2D eigenvalue weighted by Gasteiger charge is -2.38. The molecule has 9 nitrogen and oxygen atoms in total. The summed E-state index contributed by atoms with van der Waals surface area (Å²) in [6, 6.07) is 4.03. The number of hydrogen-bond acceptors (Lipinski definition) is 8. The first-order valence-corrected chi connectivity index (χ1v) is 8.94. The van der Waals surface area contributed by atoms with Crippen molar-refractivity contribution in [3.8, 4) is 16.9 Å². The highest BCUT2D eigenvalue weighted by Gasteiger charge is 2.46. The van der Waals surface area contributed by atoms with Crippen molar-refractivity contribution < 1.29 is 19.8 Å². The Morgan fingerprint density at radius 1 is 0.867 bits per heavy atom. The van der Waals surface area contributed by atoms with E-state index in [9.17, 15) is 34.3 Å². The Morgan fingerprint density at radius 2 is 1.33 bits per heavy atom. The van der Waals surface area contributed by atoms with E-state index in [1.165, 1.54) is 39.8 Å². The molecule has 156 valence electrons. The lowest BCUT2D eigenvalue weighted by Crippen LogP contribution is -2.49. The minimum absolute atomic E-state index is 0.0667. The van der Waals surface area contributed by atoms with Crippen molar-refractivity contribution in [2.24, 2.45) is 5.41 Å². The van der Waals surface area contributed by atoms with Gasteiger partial charge in [0.25, 0.3) is 0 Å². The van der Waals surface area contributed by atoms with Gasteiger partial charge in [0, 0.05) is 34.0 Å². The van der Waals surface area contributed by atoms with Gasteiger partial charge in [-0.1, -0.05) is 0 Å². The maximum atomic E-state index is 12.9. The van der Waals surface area contributed by atoms with Crippen LogP contribution in [0.25, 0.3) is 21.9 Å². The van der Waals surface area contributed by atoms with Gasteiger partial charge in [-0.3, -0.25) is 34.7 Å². The van der Waals surface area contributed by atoms with Crippen molar-refractivity contribution in [3.63, 3.8) is 0 Å². The third-order valence-electron chi connectivity index (χ3n) is 5.71. The summed E-state index contributed by atoms with van der Waals surface area (Å²) in [6.07, 6.45) is 0. The Labute approximate surface area is 169 Å². The number of carbonyl (C=O) groups is 1. The normalized spacial score (nSPS) is 12.3. The standard InChI is InChI=1S/C21H19NO8/c1-20(2,19(27)28)21(3,4)30-16-8-12-9(5-13(16)22-29)17(25)10-6-14(23)15(24)7-11(10)18(12)26/h5-8,22,29H,1-4H3,(H,27,28). The van der Waals surface area contributed by atoms with Crippen molar-refractivity contribution in [1.82, 2.24) is 0 Å². The summed E-state index contributed by atoms with van der Waals surface area (Å²) in [4.78, 5) is 60.7. The van der Waals surface area contributed by atoms with Gasteiger partial charge in [0.1, 0.15) is 22.5 Å². The van der Waals surface area contributed by atoms with Gasteiger partial charge in [0.2, 0.25) is 10.9 Å². The minimum Gasteiger partial charge on any atom is -0.484 e. The molecule has 30 heavy (non-hydrogen) atoms. The van der Waals surface area contributed by atoms with E-state index >= 15 is 0 Å². The monoisotopic (exact) mass is 413 g/mol. The largest absolute Gasteiger partial charge is 0.484 e. The van der Waals surface area contributed by atoms with E-state index in [2.05, 4.69) is 0 Å². The molecule has 1 aromatic rings. The van der Waals surface area contributed by atoms with Crippen molar-refractivity contribution in [2.45, 2.75) is 33.3 Å². The Balaban J connectivity index is 2.35. The molecule has 0 saturated carbocycles. The van der Waals surface area contributed by atoms with Gasteiger partial charge in [-0.25, -0.2) is 0 Å². The van der Waals surface area contributed by atoms with E-state index in [1.54, 1.807) is 0 Å². The summed E-state index contributed by atoms with van der Waals surface area (Å²) in [5, 5.41) is 18.8. The summed E-state index contributed by atoms with van der Waals surface area (Å²) in [5.41, 5.74) is -4.38. The first-order valence-electron chi connectivity index (χ1n) is 8.94. The molecule has 0 radical (unpaired) electrons. The van der Waals surface area contributed by atoms with Gasteiger partial charge in [0.05, 0.1) is 0 Å². The molecule has 2 aliphatic rings. The molecule has 0 heterocycles. The Morgan fingerprint density at radius 3 is 1.77 bits per heavy atom. The number of aliphatic carboxylic acids is 1. The number of anilines is 1. The summed E-state index contributed by atoms with van der Waals surface area (Å²) < 4.78 is 5.85. The predicted octanol–water partition coefficient (Wildman–Crippen LogP) is 1.33. The Hall–Kier alpha value is -3.59. The fraction of sp³-hybridized carbons (Fsp3) is 0.286. The van der Waals surface area contributed by atoms with Crippen molar-refractivity contribution in [3.05, 3.63) is 65.2 Å². The fourth-order valence-electron chi connectivity index (χ4n) is 3.01. The highest BCUT2D eigenvalue weighted by Crippen LogP contribution is 2.39. The number of fused-ring (bicyclic) bond motifs is 2. The number of nitrogens with one attached hydrogen (secondary N) is 1. The van der Waals surface area contributed by atoms with Gasteiger partial charge in [-0.05, 0) is 39.8 Å². The van der Waals surface area contributed by atoms with Crippen LogP contribution in [0.4, 0.5) is 5.69 Å². The Bertz CT molecular complexity index is 1360. The van der Waals surface area contributed by atoms with Crippen LogP contribution in [0, 0.1) is 5.41 Å². The summed E-state index contributed by atoms with van der Waals surface area (Å²) in [7, 11) is 0. The van der Waals surface area contributed by atoms with Crippen molar-refractivity contribution >= 4 is 22.4 Å². The van der Waals surface area contributed by atoms with Crippen LogP contribution in [0.1, 0.15) is 27.7 Å². The smallest absolute Gasteiger partial charge is 0.313 e. The van der Waals surface area contributed by atoms with E-state index in [4.69, 9.17) is 4.74 Å². The number of benzene rings is 3. The Kier molecular flexibility index (Phi) is 4.74. The molecule has 1 aromatic carbocycles. The fourth-order valence-corrected chi connectivity index (χ4v) is 3.01. The molecule has 0 aromatic heterocycles. The number of carboxylic acids is 1. The summed E-state index contributed by atoms with van der Waals surface area (Å²) in [6.45, 7) is 5.98. The van der Waals surface area contributed by atoms with E-state index in [0.29, 0.717) is 0 Å². The molecule has 0 spiro atoms. The second kappa shape index (κ2) is 6.74. The van der Waals surface area contributed by atoms with E-state index in [1.807, 2.05) is 5.48 Å². The number of ether oxygens (including phenoxy) is 1. The van der Waals surface area contributed by atoms with E-state index in [-0.39, 0.29) is 33.3 Å². The molecule has 2 aliphatic carbocycles. The van der Waals surface area contributed by atoms with Gasteiger partial charge < -0.3 is 9.84 Å². The summed E-state index contributed by atoms with van der Waals surface area (Å²) in [5.74, 6) is -1.19. The van der Waals surface area contributed by atoms with Crippen LogP contribution >= 0.6 is 0 Å². The van der Waals surface area contributed by atoms with Gasteiger partial charge >= 0.3 is 5.97 Å².